The minimum Gasteiger partial charge on any atom is -0.474 e. The van der Waals surface area contributed by atoms with E-state index >= 15 is 4.39 Å². The van der Waals surface area contributed by atoms with Gasteiger partial charge < -0.3 is 31.1 Å². The molecule has 0 spiro atoms. The number of carbonyl (C=O) groups excluding carboxylic acids is 1. The van der Waals surface area contributed by atoms with Crippen LogP contribution in [-0.4, -0.2) is 66.1 Å². The van der Waals surface area contributed by atoms with Gasteiger partial charge in [-0.25, -0.2) is 13.8 Å². The summed E-state index contributed by atoms with van der Waals surface area (Å²) in [5.41, 5.74) is 0.916. The Balaban J connectivity index is 0.00000345. The van der Waals surface area contributed by atoms with Gasteiger partial charge in [-0.3, -0.25) is 9.78 Å². The summed E-state index contributed by atoms with van der Waals surface area (Å²) in [6, 6.07) is 3.84. The monoisotopic (exact) mass is 640 g/mol. The van der Waals surface area contributed by atoms with Crippen LogP contribution < -0.4 is 21.1 Å². The summed E-state index contributed by atoms with van der Waals surface area (Å²) < 4.78 is 79.2. The summed E-state index contributed by atoms with van der Waals surface area (Å²) in [7, 11) is 3.86. The lowest BCUT2D eigenvalue weighted by Gasteiger charge is -2.22. The Morgan fingerprint density at radius 2 is 1.87 bits per heavy atom. The van der Waals surface area contributed by atoms with Crippen LogP contribution in [0.2, 0.25) is 0 Å². The lowest BCUT2D eigenvalue weighted by atomic mass is 9.95. The first-order chi connectivity index (χ1) is 21.3. The number of ether oxygens (including phenoxy) is 1. The van der Waals surface area contributed by atoms with E-state index in [1.165, 1.54) is 6.20 Å². The number of halogens is 5. The molecule has 3 aromatic rings. The molecule has 0 aliphatic heterocycles. The van der Waals surface area contributed by atoms with Gasteiger partial charge >= 0.3 is 6.18 Å². The molecule has 1 unspecified atom stereocenters. The fourth-order valence-corrected chi connectivity index (χ4v) is 4.42. The Morgan fingerprint density at radius 3 is 2.47 bits per heavy atom. The molecule has 45 heavy (non-hydrogen) atoms. The predicted octanol–water partition coefficient (Wildman–Crippen LogP) is 5.58. The van der Waals surface area contributed by atoms with Crippen LogP contribution in [0.3, 0.4) is 0 Å². The molecule has 14 heteroatoms. The SMILES string of the molecule is CC.Cc1c(F)c(N)cc(-c2nc(OC(C)CCNCCN(C)C)c(C=O)c(NCc3cccnc3CO)c2F)c1C(F)(F)F. The molecule has 1 atom stereocenters. The van der Waals surface area contributed by atoms with E-state index in [1.54, 1.807) is 19.1 Å². The van der Waals surface area contributed by atoms with Gasteiger partial charge in [-0.2, -0.15) is 13.2 Å². The number of aldehydes is 1. The fraction of sp³-hybridized carbons (Fsp3) is 0.452. The second kappa shape index (κ2) is 17.0. The van der Waals surface area contributed by atoms with E-state index in [-0.39, 0.29) is 24.1 Å². The quantitative estimate of drug-likeness (QED) is 0.0773. The molecule has 0 saturated heterocycles. The van der Waals surface area contributed by atoms with Crippen molar-refractivity contribution in [1.29, 1.82) is 0 Å². The predicted molar refractivity (Wildman–Crippen MR) is 164 cm³/mol. The largest absolute Gasteiger partial charge is 0.474 e. The molecular formula is C31H41F5N6O3. The zero-order valence-electron chi connectivity index (χ0n) is 26.3. The van der Waals surface area contributed by atoms with Crippen molar-refractivity contribution in [3.8, 4) is 17.1 Å². The Bertz CT molecular complexity index is 1440. The minimum absolute atomic E-state index is 0.160. The maximum absolute atomic E-state index is 16.2. The number of nitrogens with zero attached hydrogens (tertiary/aromatic N) is 3. The molecule has 0 radical (unpaired) electrons. The highest BCUT2D eigenvalue weighted by atomic mass is 19.4. The number of hydrogen-bond acceptors (Lipinski definition) is 9. The molecule has 0 bridgehead atoms. The summed E-state index contributed by atoms with van der Waals surface area (Å²) >= 11 is 0. The number of hydrogen-bond donors (Lipinski definition) is 4. The van der Waals surface area contributed by atoms with Crippen LogP contribution in [0, 0.1) is 18.6 Å². The zero-order valence-corrected chi connectivity index (χ0v) is 26.3. The molecule has 2 aromatic heterocycles. The van der Waals surface area contributed by atoms with E-state index in [2.05, 4.69) is 20.6 Å². The Morgan fingerprint density at radius 1 is 1.18 bits per heavy atom. The van der Waals surface area contributed by atoms with E-state index < -0.39 is 70.2 Å². The standard InChI is InChI=1S/C29H35F5N6O3.C2H6/c1-16(7-9-36-10-11-40(3)4)43-28-20(14-41)26(38-13-18-6-5-8-37-22(18)15-42)25(31)27(39-28)19-12-21(35)24(30)17(2)23(19)29(32,33)34;1-2/h5-6,8,12,14,16,36,42H,7,9-11,13,15,35H2,1-4H3,(H,38,39);1-2H3. The van der Waals surface area contributed by atoms with Crippen molar-refractivity contribution in [2.24, 2.45) is 0 Å². The summed E-state index contributed by atoms with van der Waals surface area (Å²) in [6.07, 6.45) is -3.54. The molecule has 0 saturated carbocycles. The normalized spacial score (nSPS) is 12.0. The lowest BCUT2D eigenvalue weighted by molar-refractivity contribution is -0.137. The number of pyridine rings is 2. The van der Waals surface area contributed by atoms with Gasteiger partial charge in [0.05, 0.1) is 35.3 Å². The van der Waals surface area contributed by atoms with Crippen molar-refractivity contribution in [3.63, 3.8) is 0 Å². The molecule has 0 fully saturated rings. The van der Waals surface area contributed by atoms with Gasteiger partial charge in [-0.15, -0.1) is 0 Å². The van der Waals surface area contributed by atoms with Gasteiger partial charge in [0.2, 0.25) is 5.88 Å². The lowest BCUT2D eigenvalue weighted by Crippen LogP contribution is -2.29. The molecule has 5 N–H and O–H groups in total. The zero-order chi connectivity index (χ0) is 33.9. The van der Waals surface area contributed by atoms with Crippen molar-refractivity contribution in [2.75, 3.05) is 44.8 Å². The smallest absolute Gasteiger partial charge is 0.417 e. The molecular weight excluding hydrogens is 599 g/mol. The van der Waals surface area contributed by atoms with Crippen molar-refractivity contribution in [2.45, 2.75) is 59.5 Å². The number of alkyl halides is 3. The second-order valence-corrected chi connectivity index (χ2v) is 10.2. The van der Waals surface area contributed by atoms with Crippen LogP contribution in [0.15, 0.2) is 24.4 Å². The van der Waals surface area contributed by atoms with Crippen molar-refractivity contribution < 1.29 is 36.6 Å². The van der Waals surface area contributed by atoms with E-state index in [0.717, 1.165) is 13.5 Å². The third-order valence-electron chi connectivity index (χ3n) is 6.69. The number of anilines is 2. The highest BCUT2D eigenvalue weighted by Crippen LogP contribution is 2.44. The number of nitrogen functional groups attached to an aromatic ring is 1. The minimum atomic E-state index is -5.10. The summed E-state index contributed by atoms with van der Waals surface area (Å²) in [4.78, 5) is 22.3. The average molecular weight is 641 g/mol. The number of nitrogens with one attached hydrogen (secondary N) is 2. The number of nitrogens with two attached hydrogens (primary N) is 1. The topological polar surface area (TPSA) is 126 Å². The number of likely N-dealkylation sites (N-methyl/N-ethyl adjacent to an activating group) is 1. The summed E-state index contributed by atoms with van der Waals surface area (Å²) in [5, 5.41) is 15.6. The van der Waals surface area contributed by atoms with Crippen LogP contribution in [0.5, 0.6) is 5.88 Å². The first kappa shape index (κ1) is 37.3. The average Bonchev–Trinajstić information content (AvgIpc) is 2.99. The number of aliphatic hydroxyl groups excluding tert-OH is 1. The maximum atomic E-state index is 16.2. The third kappa shape index (κ3) is 9.55. The first-order valence-corrected chi connectivity index (χ1v) is 14.4. The van der Waals surface area contributed by atoms with Crippen molar-refractivity contribution >= 4 is 17.7 Å². The molecule has 9 nitrogen and oxygen atoms in total. The number of aliphatic hydroxyl groups is 1. The number of rotatable bonds is 14. The molecule has 0 aliphatic carbocycles. The van der Waals surface area contributed by atoms with Gasteiger partial charge in [0.1, 0.15) is 17.1 Å². The fourth-order valence-electron chi connectivity index (χ4n) is 4.42. The van der Waals surface area contributed by atoms with E-state index in [0.29, 0.717) is 31.1 Å². The molecule has 1 aromatic carbocycles. The third-order valence-corrected chi connectivity index (χ3v) is 6.69. The molecule has 0 amide bonds. The van der Waals surface area contributed by atoms with Gasteiger partial charge in [0, 0.05) is 31.4 Å². The second-order valence-electron chi connectivity index (χ2n) is 10.2. The highest BCUT2D eigenvalue weighted by molar-refractivity contribution is 5.90. The molecule has 248 valence electrons. The van der Waals surface area contributed by atoms with Gasteiger partial charge in [-0.05, 0) is 64.2 Å². The maximum Gasteiger partial charge on any atom is 0.417 e. The molecule has 3 rings (SSSR count). The van der Waals surface area contributed by atoms with Crippen LogP contribution in [0.1, 0.15) is 59.9 Å². The van der Waals surface area contributed by atoms with Crippen LogP contribution in [0.4, 0.5) is 33.3 Å². The van der Waals surface area contributed by atoms with Crippen LogP contribution in [0.25, 0.3) is 11.3 Å². The number of benzene rings is 1. The van der Waals surface area contributed by atoms with E-state index in [4.69, 9.17) is 10.5 Å². The van der Waals surface area contributed by atoms with Crippen molar-refractivity contribution in [3.05, 3.63) is 64.0 Å². The Hall–Kier alpha value is -3.88. The molecule has 0 aliphatic rings. The van der Waals surface area contributed by atoms with E-state index in [1.807, 2.05) is 32.8 Å². The van der Waals surface area contributed by atoms with Crippen LogP contribution in [-0.2, 0) is 19.3 Å². The van der Waals surface area contributed by atoms with Gasteiger partial charge in [0.25, 0.3) is 0 Å². The van der Waals surface area contributed by atoms with Crippen LogP contribution >= 0.6 is 0 Å². The Labute approximate surface area is 260 Å². The number of aromatic nitrogens is 2. The Kier molecular flexibility index (Phi) is 14.1. The van der Waals surface area contributed by atoms with Gasteiger partial charge in [-0.1, -0.05) is 19.9 Å². The number of carbonyl (C=O) groups is 1. The highest BCUT2D eigenvalue weighted by Gasteiger charge is 2.39. The van der Waals surface area contributed by atoms with Crippen molar-refractivity contribution in [1.82, 2.24) is 20.2 Å². The van der Waals surface area contributed by atoms with E-state index in [9.17, 15) is 27.5 Å². The van der Waals surface area contributed by atoms with Gasteiger partial charge in [0.15, 0.2) is 12.1 Å². The first-order valence-electron chi connectivity index (χ1n) is 14.4. The summed E-state index contributed by atoms with van der Waals surface area (Å²) in [5.74, 6) is -3.02. The summed E-state index contributed by atoms with van der Waals surface area (Å²) in [6.45, 7) is 7.97. The molecule has 2 heterocycles.